The summed E-state index contributed by atoms with van der Waals surface area (Å²) in [6, 6.07) is 8.82. The molecule has 0 bridgehead atoms. The summed E-state index contributed by atoms with van der Waals surface area (Å²) in [6.45, 7) is 0. The lowest BCUT2D eigenvalue weighted by Gasteiger charge is -2.20. The van der Waals surface area contributed by atoms with Crippen molar-refractivity contribution in [3.63, 3.8) is 0 Å². The van der Waals surface area contributed by atoms with E-state index in [1.165, 1.54) is 12.1 Å². The maximum absolute atomic E-state index is 13.7. The van der Waals surface area contributed by atoms with Crippen LogP contribution in [0.15, 0.2) is 67.0 Å². The highest BCUT2D eigenvalue weighted by atomic mass is 19.1. The van der Waals surface area contributed by atoms with Crippen molar-refractivity contribution in [3.8, 4) is 34.5 Å². The Kier molecular flexibility index (Phi) is 4.99. The zero-order valence-corrected chi connectivity index (χ0v) is 17.9. The number of hydrogen-bond donors (Lipinski definition) is 6. The second-order valence-corrected chi connectivity index (χ2v) is 7.91. The van der Waals surface area contributed by atoms with Gasteiger partial charge in [0.05, 0.1) is 27.8 Å². The van der Waals surface area contributed by atoms with E-state index in [2.05, 4.69) is 0 Å². The monoisotopic (exact) mass is 494 g/mol. The van der Waals surface area contributed by atoms with Crippen LogP contribution in [0.5, 0.6) is 34.5 Å². The number of rotatable bonds is 3. The summed E-state index contributed by atoms with van der Waals surface area (Å²) in [6.07, 6.45) is 0. The van der Waals surface area contributed by atoms with Gasteiger partial charge in [0.1, 0.15) is 17.3 Å². The van der Waals surface area contributed by atoms with E-state index in [4.69, 9.17) is 8.83 Å². The predicted molar refractivity (Wildman–Crippen MR) is 122 cm³/mol. The Balaban J connectivity index is 1.91. The SMILES string of the molecule is O=c1oc2c(O)c(O)ccc2c(O)c1C(c1ccc(F)cc1)c1c(O)c2ccc(O)c(O)c2oc1=O. The summed E-state index contributed by atoms with van der Waals surface area (Å²) in [5.41, 5.74) is -4.63. The molecular weight excluding hydrogens is 479 g/mol. The minimum absolute atomic E-state index is 0.0614. The first-order chi connectivity index (χ1) is 17.1. The van der Waals surface area contributed by atoms with Gasteiger partial charge in [-0.1, -0.05) is 12.1 Å². The Morgan fingerprint density at radius 1 is 0.583 bits per heavy atom. The summed E-state index contributed by atoms with van der Waals surface area (Å²) in [4.78, 5) is 26.2. The Morgan fingerprint density at radius 2 is 1.00 bits per heavy atom. The number of halogens is 1. The third kappa shape index (κ3) is 3.25. The van der Waals surface area contributed by atoms with Gasteiger partial charge in [-0.05, 0) is 42.0 Å². The summed E-state index contributed by atoms with van der Waals surface area (Å²) in [5.74, 6) is -6.60. The summed E-state index contributed by atoms with van der Waals surface area (Å²) in [7, 11) is 0. The van der Waals surface area contributed by atoms with Crippen molar-refractivity contribution < 1.29 is 43.9 Å². The van der Waals surface area contributed by atoms with E-state index >= 15 is 0 Å². The van der Waals surface area contributed by atoms with Gasteiger partial charge in [-0.15, -0.1) is 0 Å². The topological polar surface area (TPSA) is 182 Å². The van der Waals surface area contributed by atoms with Crippen LogP contribution in [0.4, 0.5) is 4.39 Å². The molecule has 0 amide bonds. The lowest BCUT2D eigenvalue weighted by molar-refractivity contribution is 0.392. The van der Waals surface area contributed by atoms with E-state index in [1.54, 1.807) is 0 Å². The molecule has 0 aliphatic heterocycles. The van der Waals surface area contributed by atoms with Crippen molar-refractivity contribution in [2.45, 2.75) is 5.92 Å². The van der Waals surface area contributed by atoms with Crippen LogP contribution in [0.2, 0.25) is 0 Å². The van der Waals surface area contributed by atoms with Crippen molar-refractivity contribution in [3.05, 3.63) is 91.9 Å². The van der Waals surface area contributed by atoms with Gasteiger partial charge in [-0.2, -0.15) is 0 Å². The Labute approximate surface area is 198 Å². The van der Waals surface area contributed by atoms with Crippen LogP contribution in [0.25, 0.3) is 21.9 Å². The molecule has 10 nitrogen and oxygen atoms in total. The number of hydrogen-bond acceptors (Lipinski definition) is 10. The van der Waals surface area contributed by atoms with Gasteiger partial charge in [0.25, 0.3) is 0 Å². The third-order valence-corrected chi connectivity index (χ3v) is 5.85. The zero-order chi connectivity index (χ0) is 25.9. The van der Waals surface area contributed by atoms with Gasteiger partial charge in [-0.3, -0.25) is 0 Å². The molecule has 0 spiro atoms. The van der Waals surface area contributed by atoms with Crippen LogP contribution >= 0.6 is 0 Å². The molecule has 0 saturated heterocycles. The fourth-order valence-electron chi connectivity index (χ4n) is 4.12. The molecule has 36 heavy (non-hydrogen) atoms. The largest absolute Gasteiger partial charge is 0.507 e. The maximum Gasteiger partial charge on any atom is 0.344 e. The number of benzene rings is 3. The molecule has 0 atom stereocenters. The van der Waals surface area contributed by atoms with Crippen LogP contribution in [0, 0.1) is 5.82 Å². The van der Waals surface area contributed by atoms with Crippen molar-refractivity contribution in [1.29, 1.82) is 0 Å². The highest BCUT2D eigenvalue weighted by molar-refractivity contribution is 5.92. The van der Waals surface area contributed by atoms with Gasteiger partial charge in [0.15, 0.2) is 22.7 Å². The van der Waals surface area contributed by atoms with Gasteiger partial charge in [0.2, 0.25) is 11.5 Å². The second kappa shape index (κ2) is 7.94. The molecule has 0 aliphatic carbocycles. The first-order valence-electron chi connectivity index (χ1n) is 10.3. The minimum atomic E-state index is -1.58. The molecule has 0 saturated carbocycles. The Morgan fingerprint density at radius 3 is 1.42 bits per heavy atom. The fraction of sp³-hybridized carbons (Fsp3) is 0.0400. The molecule has 2 heterocycles. The van der Waals surface area contributed by atoms with Crippen LogP contribution in [-0.4, -0.2) is 30.6 Å². The average Bonchev–Trinajstić information content (AvgIpc) is 2.84. The lowest BCUT2D eigenvalue weighted by atomic mass is 9.84. The van der Waals surface area contributed by atoms with Gasteiger partial charge < -0.3 is 39.5 Å². The van der Waals surface area contributed by atoms with Crippen molar-refractivity contribution >= 4 is 21.9 Å². The Bertz CT molecular complexity index is 1690. The number of phenols is 4. The fourth-order valence-corrected chi connectivity index (χ4v) is 4.12. The van der Waals surface area contributed by atoms with Crippen LogP contribution < -0.4 is 11.3 Å². The zero-order valence-electron chi connectivity index (χ0n) is 17.9. The van der Waals surface area contributed by atoms with E-state index in [-0.39, 0.29) is 16.3 Å². The highest BCUT2D eigenvalue weighted by Gasteiger charge is 2.33. The van der Waals surface area contributed by atoms with E-state index in [0.717, 1.165) is 36.4 Å². The number of aromatic hydroxyl groups is 6. The third-order valence-electron chi connectivity index (χ3n) is 5.85. The molecule has 0 unspecified atom stereocenters. The molecular formula is C25H15FO10. The van der Waals surface area contributed by atoms with E-state index in [9.17, 15) is 44.6 Å². The van der Waals surface area contributed by atoms with Crippen LogP contribution in [0.1, 0.15) is 22.6 Å². The predicted octanol–water partition coefficient (Wildman–Crippen LogP) is 3.45. The van der Waals surface area contributed by atoms with Crippen LogP contribution in [0.3, 0.4) is 0 Å². The standard InChI is InChI=1S/C25H15FO10/c26-10-3-1-9(2-4-10)15(16-18(29)11-5-7-13(27)20(31)22(11)35-24(16)33)17-19(30)12-6-8-14(28)21(32)23(12)36-25(17)34/h1-8,15,27-32H. The molecule has 0 aliphatic rings. The first kappa shape index (κ1) is 22.6. The summed E-state index contributed by atoms with van der Waals surface area (Å²) in [5, 5.41) is 61.3. The van der Waals surface area contributed by atoms with Crippen molar-refractivity contribution in [2.24, 2.45) is 0 Å². The normalized spacial score (nSPS) is 11.5. The van der Waals surface area contributed by atoms with Crippen molar-refractivity contribution in [1.82, 2.24) is 0 Å². The smallest absolute Gasteiger partial charge is 0.344 e. The summed E-state index contributed by atoms with van der Waals surface area (Å²) < 4.78 is 24.0. The molecule has 3 aromatic carbocycles. The molecule has 0 radical (unpaired) electrons. The Hall–Kier alpha value is -5.19. The molecule has 2 aromatic heterocycles. The average molecular weight is 494 g/mol. The van der Waals surface area contributed by atoms with E-state index < -0.39 is 79.8 Å². The molecule has 5 aromatic rings. The number of phenolic OH excluding ortho intramolecular Hbond substituents is 4. The molecule has 0 fully saturated rings. The van der Waals surface area contributed by atoms with E-state index in [0.29, 0.717) is 0 Å². The first-order valence-corrected chi connectivity index (χ1v) is 10.3. The molecule has 182 valence electrons. The minimum Gasteiger partial charge on any atom is -0.507 e. The molecule has 5 rings (SSSR count). The van der Waals surface area contributed by atoms with Gasteiger partial charge in [0, 0.05) is 0 Å². The van der Waals surface area contributed by atoms with Crippen LogP contribution in [-0.2, 0) is 0 Å². The van der Waals surface area contributed by atoms with Gasteiger partial charge >= 0.3 is 11.3 Å². The quantitative estimate of drug-likeness (QED) is 0.160. The highest BCUT2D eigenvalue weighted by Crippen LogP contribution is 2.45. The van der Waals surface area contributed by atoms with E-state index in [1.807, 2.05) is 0 Å². The second-order valence-electron chi connectivity index (χ2n) is 7.91. The number of fused-ring (bicyclic) bond motifs is 2. The maximum atomic E-state index is 13.7. The molecule has 11 heteroatoms. The van der Waals surface area contributed by atoms with Crippen molar-refractivity contribution in [2.75, 3.05) is 0 Å². The van der Waals surface area contributed by atoms with Gasteiger partial charge in [-0.25, -0.2) is 14.0 Å². The lowest BCUT2D eigenvalue weighted by Crippen LogP contribution is -2.21. The summed E-state index contributed by atoms with van der Waals surface area (Å²) >= 11 is 0. The molecule has 6 N–H and O–H groups in total.